The van der Waals surface area contributed by atoms with Crippen LogP contribution in [0.3, 0.4) is 0 Å². The van der Waals surface area contributed by atoms with Crippen molar-refractivity contribution in [1.29, 1.82) is 0 Å². The van der Waals surface area contributed by atoms with Crippen LogP contribution < -0.4 is 5.56 Å². The van der Waals surface area contributed by atoms with Crippen LogP contribution in [0.2, 0.25) is 0 Å². The summed E-state index contributed by atoms with van der Waals surface area (Å²) in [6, 6.07) is 7.46. The molecule has 0 saturated heterocycles. The fraction of sp³-hybridized carbons (Fsp3) is 0.214. The van der Waals surface area contributed by atoms with Gasteiger partial charge in [-0.15, -0.1) is 0 Å². The standard InChI is InChI=1S/C14H13FN2O2/c1-10-6-14(19)17(9-16-10)8-12(18)7-11-4-2-3-5-13(11)15/h2-6,9H,7-8H2,1H3. The first-order valence-electron chi connectivity index (χ1n) is 5.84. The van der Waals surface area contributed by atoms with Crippen LogP contribution in [0, 0.1) is 12.7 Å². The van der Waals surface area contributed by atoms with E-state index in [1.165, 1.54) is 23.0 Å². The summed E-state index contributed by atoms with van der Waals surface area (Å²) in [4.78, 5) is 27.4. The fourth-order valence-corrected chi connectivity index (χ4v) is 1.74. The van der Waals surface area contributed by atoms with Crippen LogP contribution in [0.5, 0.6) is 0 Å². The topological polar surface area (TPSA) is 52.0 Å². The molecule has 0 amide bonds. The van der Waals surface area contributed by atoms with Gasteiger partial charge in [0.1, 0.15) is 5.82 Å². The zero-order valence-electron chi connectivity index (χ0n) is 10.5. The van der Waals surface area contributed by atoms with Crippen LogP contribution in [-0.4, -0.2) is 15.3 Å². The van der Waals surface area contributed by atoms with Gasteiger partial charge in [0, 0.05) is 18.2 Å². The number of benzene rings is 1. The van der Waals surface area contributed by atoms with Crippen LogP contribution in [0.1, 0.15) is 11.3 Å². The normalized spacial score (nSPS) is 10.4. The predicted molar refractivity (Wildman–Crippen MR) is 68.3 cm³/mol. The Kier molecular flexibility index (Phi) is 3.85. The predicted octanol–water partition coefficient (Wildman–Crippen LogP) is 1.50. The number of carbonyl (C=O) groups is 1. The molecule has 1 aromatic heterocycles. The Morgan fingerprint density at radius 3 is 2.79 bits per heavy atom. The maximum absolute atomic E-state index is 13.4. The molecule has 98 valence electrons. The van der Waals surface area contributed by atoms with Gasteiger partial charge in [0.2, 0.25) is 0 Å². The lowest BCUT2D eigenvalue weighted by Crippen LogP contribution is -2.25. The smallest absolute Gasteiger partial charge is 0.253 e. The van der Waals surface area contributed by atoms with Crippen LogP contribution in [0.25, 0.3) is 0 Å². The summed E-state index contributed by atoms with van der Waals surface area (Å²) in [5.74, 6) is -0.650. The molecule has 4 nitrogen and oxygen atoms in total. The quantitative estimate of drug-likeness (QED) is 0.837. The van der Waals surface area contributed by atoms with Gasteiger partial charge in [0.15, 0.2) is 5.78 Å². The number of hydrogen-bond donors (Lipinski definition) is 0. The molecule has 0 radical (unpaired) electrons. The first-order chi connectivity index (χ1) is 9.06. The second-order valence-corrected chi connectivity index (χ2v) is 4.30. The Morgan fingerprint density at radius 1 is 1.37 bits per heavy atom. The minimum absolute atomic E-state index is 0.0347. The van der Waals surface area contributed by atoms with Gasteiger partial charge in [-0.2, -0.15) is 0 Å². The third-order valence-electron chi connectivity index (χ3n) is 2.71. The van der Waals surface area contributed by atoms with Gasteiger partial charge in [0.25, 0.3) is 5.56 Å². The molecule has 1 heterocycles. The van der Waals surface area contributed by atoms with Crippen molar-refractivity contribution in [2.45, 2.75) is 19.9 Å². The number of ketones is 1. The maximum atomic E-state index is 13.4. The summed E-state index contributed by atoms with van der Waals surface area (Å²) >= 11 is 0. The molecule has 0 N–H and O–H groups in total. The van der Waals surface area contributed by atoms with Crippen molar-refractivity contribution in [3.05, 3.63) is 64.1 Å². The Bertz CT molecular complexity index is 664. The van der Waals surface area contributed by atoms with E-state index < -0.39 is 5.82 Å². The largest absolute Gasteiger partial charge is 0.297 e. The van der Waals surface area contributed by atoms with Crippen LogP contribution >= 0.6 is 0 Å². The van der Waals surface area contributed by atoms with Crippen molar-refractivity contribution in [1.82, 2.24) is 9.55 Å². The molecule has 0 atom stereocenters. The van der Waals surface area contributed by atoms with Gasteiger partial charge in [-0.1, -0.05) is 18.2 Å². The molecule has 0 aliphatic heterocycles. The molecule has 0 unspecified atom stereocenters. The van der Waals surface area contributed by atoms with E-state index in [9.17, 15) is 14.0 Å². The third-order valence-corrected chi connectivity index (χ3v) is 2.71. The van der Waals surface area contributed by atoms with E-state index in [0.717, 1.165) is 0 Å². The van der Waals surface area contributed by atoms with Gasteiger partial charge in [-0.3, -0.25) is 14.2 Å². The second-order valence-electron chi connectivity index (χ2n) is 4.30. The minimum Gasteiger partial charge on any atom is -0.297 e. The van der Waals surface area contributed by atoms with E-state index in [-0.39, 0.29) is 24.3 Å². The van der Waals surface area contributed by atoms with Crippen molar-refractivity contribution in [2.24, 2.45) is 0 Å². The molecule has 0 saturated carbocycles. The van der Waals surface area contributed by atoms with E-state index in [0.29, 0.717) is 11.3 Å². The number of halogens is 1. The van der Waals surface area contributed by atoms with Crippen molar-refractivity contribution >= 4 is 5.78 Å². The minimum atomic E-state index is -0.412. The zero-order valence-corrected chi connectivity index (χ0v) is 10.5. The second kappa shape index (κ2) is 5.56. The van der Waals surface area contributed by atoms with Crippen LogP contribution in [0.15, 0.2) is 41.5 Å². The lowest BCUT2D eigenvalue weighted by molar-refractivity contribution is -0.119. The molecular formula is C14H13FN2O2. The molecular weight excluding hydrogens is 247 g/mol. The molecule has 0 aliphatic rings. The Labute approximate surface area is 109 Å². The van der Waals surface area contributed by atoms with Crippen LogP contribution in [-0.2, 0) is 17.8 Å². The van der Waals surface area contributed by atoms with Crippen molar-refractivity contribution < 1.29 is 9.18 Å². The molecule has 0 fully saturated rings. The summed E-state index contributed by atoms with van der Waals surface area (Å²) in [5.41, 5.74) is 0.651. The molecule has 1 aromatic carbocycles. The lowest BCUT2D eigenvalue weighted by Gasteiger charge is -2.05. The number of aromatic nitrogens is 2. The van der Waals surface area contributed by atoms with E-state index in [4.69, 9.17) is 0 Å². The van der Waals surface area contributed by atoms with E-state index >= 15 is 0 Å². The molecule has 0 spiro atoms. The summed E-state index contributed by atoms with van der Waals surface area (Å²) in [6.45, 7) is 1.60. The Balaban J connectivity index is 2.10. The molecule has 5 heteroatoms. The summed E-state index contributed by atoms with van der Waals surface area (Å²) in [7, 11) is 0. The van der Waals surface area contributed by atoms with Gasteiger partial charge >= 0.3 is 0 Å². The first-order valence-corrected chi connectivity index (χ1v) is 5.84. The lowest BCUT2D eigenvalue weighted by atomic mass is 10.1. The average molecular weight is 260 g/mol. The van der Waals surface area contributed by atoms with Crippen molar-refractivity contribution in [3.8, 4) is 0 Å². The first kappa shape index (κ1) is 13.1. The number of hydrogen-bond acceptors (Lipinski definition) is 3. The highest BCUT2D eigenvalue weighted by molar-refractivity contribution is 5.80. The number of aryl methyl sites for hydroxylation is 1. The monoisotopic (exact) mass is 260 g/mol. The highest BCUT2D eigenvalue weighted by Crippen LogP contribution is 2.07. The zero-order chi connectivity index (χ0) is 13.8. The van der Waals surface area contributed by atoms with Gasteiger partial charge in [-0.25, -0.2) is 9.37 Å². The number of Topliss-reactive ketones (excluding diaryl/α,β-unsaturated/α-hetero) is 1. The summed E-state index contributed by atoms with van der Waals surface area (Å²) < 4.78 is 14.6. The fourth-order valence-electron chi connectivity index (χ4n) is 1.74. The molecule has 0 aliphatic carbocycles. The SMILES string of the molecule is Cc1cc(=O)n(CC(=O)Cc2ccccc2F)cn1. The van der Waals surface area contributed by atoms with Gasteiger partial charge in [0.05, 0.1) is 12.9 Å². The molecule has 19 heavy (non-hydrogen) atoms. The molecule has 2 rings (SSSR count). The van der Waals surface area contributed by atoms with Gasteiger partial charge < -0.3 is 0 Å². The van der Waals surface area contributed by atoms with Crippen LogP contribution in [0.4, 0.5) is 4.39 Å². The average Bonchev–Trinajstić information content (AvgIpc) is 2.36. The van der Waals surface area contributed by atoms with E-state index in [2.05, 4.69) is 4.98 Å². The number of carbonyl (C=O) groups excluding carboxylic acids is 1. The third kappa shape index (κ3) is 3.34. The van der Waals surface area contributed by atoms with Gasteiger partial charge in [-0.05, 0) is 18.6 Å². The van der Waals surface area contributed by atoms with E-state index in [1.807, 2.05) is 0 Å². The summed E-state index contributed by atoms with van der Waals surface area (Å²) in [5, 5.41) is 0. The molecule has 0 bridgehead atoms. The maximum Gasteiger partial charge on any atom is 0.253 e. The Hall–Kier alpha value is -2.30. The summed E-state index contributed by atoms with van der Waals surface area (Å²) in [6.07, 6.45) is 1.30. The molecule has 2 aromatic rings. The van der Waals surface area contributed by atoms with E-state index in [1.54, 1.807) is 25.1 Å². The van der Waals surface area contributed by atoms with Crippen molar-refractivity contribution in [2.75, 3.05) is 0 Å². The van der Waals surface area contributed by atoms with Crippen molar-refractivity contribution in [3.63, 3.8) is 0 Å². The highest BCUT2D eigenvalue weighted by atomic mass is 19.1. The number of nitrogens with zero attached hydrogens (tertiary/aromatic N) is 2. The Morgan fingerprint density at radius 2 is 2.11 bits per heavy atom. The number of rotatable bonds is 4. The highest BCUT2D eigenvalue weighted by Gasteiger charge is 2.09.